The van der Waals surface area contributed by atoms with E-state index in [-0.39, 0.29) is 12.6 Å². The third-order valence-electron chi connectivity index (χ3n) is 2.68. The summed E-state index contributed by atoms with van der Waals surface area (Å²) in [6.45, 7) is 1.18. The van der Waals surface area contributed by atoms with Gasteiger partial charge in [-0.2, -0.15) is 0 Å². The minimum absolute atomic E-state index is 0.196. The lowest BCUT2D eigenvalue weighted by molar-refractivity contribution is -0.131. The first kappa shape index (κ1) is 14.5. The van der Waals surface area contributed by atoms with E-state index in [2.05, 4.69) is 10.6 Å². The van der Waals surface area contributed by atoms with Crippen LogP contribution in [0, 0.1) is 0 Å². The Bertz CT molecular complexity index is 298. The molecule has 0 radical (unpaired) electrons. The van der Waals surface area contributed by atoms with Crippen molar-refractivity contribution in [2.75, 3.05) is 19.7 Å². The lowest BCUT2D eigenvalue weighted by Gasteiger charge is -2.11. The Hall–Kier alpha value is -1.56. The predicted octanol–water partition coefficient (Wildman–Crippen LogP) is 0.886. The largest absolute Gasteiger partial charge is 0.478 e. The average Bonchev–Trinajstić information content (AvgIpc) is 2.83. The molecule has 0 unspecified atom stereocenters. The van der Waals surface area contributed by atoms with E-state index in [1.54, 1.807) is 0 Å². The fourth-order valence-electron chi connectivity index (χ4n) is 1.82. The smallest absolute Gasteiger partial charge is 0.328 e. The van der Waals surface area contributed by atoms with Crippen molar-refractivity contribution in [1.29, 1.82) is 0 Å². The van der Waals surface area contributed by atoms with E-state index in [0.29, 0.717) is 19.3 Å². The summed E-state index contributed by atoms with van der Waals surface area (Å²) in [4.78, 5) is 21.4. The van der Waals surface area contributed by atoms with Crippen molar-refractivity contribution in [1.82, 2.24) is 10.6 Å². The first-order valence-electron chi connectivity index (χ1n) is 6.21. The van der Waals surface area contributed by atoms with Gasteiger partial charge in [0.1, 0.15) is 0 Å². The van der Waals surface area contributed by atoms with Gasteiger partial charge in [-0.3, -0.25) is 0 Å². The molecule has 2 amide bonds. The molecule has 1 rings (SSSR count). The number of hydrogen-bond donors (Lipinski definition) is 3. The summed E-state index contributed by atoms with van der Waals surface area (Å²) in [7, 11) is 0. The summed E-state index contributed by atoms with van der Waals surface area (Å²) in [5.74, 6) is -1.03. The van der Waals surface area contributed by atoms with Crippen LogP contribution >= 0.6 is 0 Å². The van der Waals surface area contributed by atoms with E-state index in [9.17, 15) is 9.59 Å². The van der Waals surface area contributed by atoms with Crippen molar-refractivity contribution in [3.05, 3.63) is 12.2 Å². The molecule has 18 heavy (non-hydrogen) atoms. The summed E-state index contributed by atoms with van der Waals surface area (Å²) < 4.78 is 5.58. The number of urea groups is 1. The summed E-state index contributed by atoms with van der Waals surface area (Å²) in [6, 6.07) is -0.319. The van der Waals surface area contributed by atoms with Gasteiger partial charge in [-0.05, 0) is 12.8 Å². The molecule has 0 bridgehead atoms. The Kier molecular flexibility index (Phi) is 6.86. The van der Waals surface area contributed by atoms with E-state index in [1.807, 2.05) is 0 Å². The highest BCUT2D eigenvalue weighted by atomic mass is 16.5. The Morgan fingerprint density at radius 3 is 2.67 bits per heavy atom. The Morgan fingerprint density at radius 1 is 1.28 bits per heavy atom. The van der Waals surface area contributed by atoms with Gasteiger partial charge in [0.15, 0.2) is 0 Å². The maximum absolute atomic E-state index is 11.2. The number of carboxylic acid groups (broad SMARTS) is 1. The number of amides is 2. The van der Waals surface area contributed by atoms with Crippen LogP contribution in [0.1, 0.15) is 25.7 Å². The Labute approximate surface area is 106 Å². The zero-order chi connectivity index (χ0) is 13.2. The number of aliphatic carboxylic acids is 1. The van der Waals surface area contributed by atoms with Crippen molar-refractivity contribution >= 4 is 12.0 Å². The summed E-state index contributed by atoms with van der Waals surface area (Å²) in [5.41, 5.74) is 0. The first-order valence-corrected chi connectivity index (χ1v) is 6.21. The molecule has 0 aromatic heterocycles. The lowest BCUT2D eigenvalue weighted by Crippen LogP contribution is -2.37. The van der Waals surface area contributed by atoms with Crippen LogP contribution in [0.5, 0.6) is 0 Å². The van der Waals surface area contributed by atoms with Crippen LogP contribution in [0.3, 0.4) is 0 Å². The van der Waals surface area contributed by atoms with E-state index in [0.717, 1.165) is 18.9 Å². The van der Waals surface area contributed by atoms with Gasteiger partial charge < -0.3 is 20.5 Å². The van der Waals surface area contributed by atoms with Crippen LogP contribution in [0.4, 0.5) is 4.79 Å². The van der Waals surface area contributed by atoms with Gasteiger partial charge in [-0.25, -0.2) is 9.59 Å². The minimum atomic E-state index is -1.03. The maximum atomic E-state index is 11.2. The standard InChI is InChI=1S/C12H20N2O4/c15-11(16)6-3-7-13-12(17)14-8-9-18-10-4-1-2-5-10/h3,6,10H,1-2,4-5,7-9H2,(H,15,16)(H2,13,14,17)/b6-3+. The molecule has 0 aromatic carbocycles. The van der Waals surface area contributed by atoms with E-state index >= 15 is 0 Å². The van der Waals surface area contributed by atoms with E-state index in [1.165, 1.54) is 18.9 Å². The van der Waals surface area contributed by atoms with Gasteiger partial charge in [0.05, 0.1) is 12.7 Å². The zero-order valence-corrected chi connectivity index (χ0v) is 10.4. The fourth-order valence-corrected chi connectivity index (χ4v) is 1.82. The van der Waals surface area contributed by atoms with Crippen LogP contribution in [-0.4, -0.2) is 42.9 Å². The van der Waals surface area contributed by atoms with Crippen LogP contribution in [0.15, 0.2) is 12.2 Å². The molecule has 0 aromatic rings. The Morgan fingerprint density at radius 2 is 2.00 bits per heavy atom. The molecule has 0 aliphatic heterocycles. The normalized spacial score (nSPS) is 16.0. The Balaban J connectivity index is 1.94. The van der Waals surface area contributed by atoms with Crippen LogP contribution < -0.4 is 10.6 Å². The molecular formula is C12H20N2O4. The van der Waals surface area contributed by atoms with E-state index < -0.39 is 5.97 Å². The molecule has 3 N–H and O–H groups in total. The number of carboxylic acids is 1. The first-order chi connectivity index (χ1) is 8.68. The highest BCUT2D eigenvalue weighted by Crippen LogP contribution is 2.20. The van der Waals surface area contributed by atoms with Gasteiger partial charge >= 0.3 is 12.0 Å². The fraction of sp³-hybridized carbons (Fsp3) is 0.667. The van der Waals surface area contributed by atoms with Crippen molar-refractivity contribution < 1.29 is 19.4 Å². The van der Waals surface area contributed by atoms with Crippen molar-refractivity contribution in [2.45, 2.75) is 31.8 Å². The third-order valence-corrected chi connectivity index (χ3v) is 2.68. The molecule has 6 nitrogen and oxygen atoms in total. The molecule has 1 aliphatic carbocycles. The van der Waals surface area contributed by atoms with Gasteiger partial charge in [0.2, 0.25) is 0 Å². The summed E-state index contributed by atoms with van der Waals surface area (Å²) in [5, 5.41) is 13.5. The number of carbonyl (C=O) groups excluding carboxylic acids is 1. The molecule has 102 valence electrons. The second-order valence-corrected chi connectivity index (χ2v) is 4.15. The quantitative estimate of drug-likeness (QED) is 0.466. The average molecular weight is 256 g/mol. The SMILES string of the molecule is O=C(O)/C=C/CNC(=O)NCCOC1CCCC1. The topological polar surface area (TPSA) is 87.7 Å². The molecule has 0 saturated heterocycles. The highest BCUT2D eigenvalue weighted by Gasteiger charge is 2.14. The minimum Gasteiger partial charge on any atom is -0.478 e. The molecule has 1 aliphatic rings. The van der Waals surface area contributed by atoms with Gasteiger partial charge in [-0.15, -0.1) is 0 Å². The monoisotopic (exact) mass is 256 g/mol. The maximum Gasteiger partial charge on any atom is 0.328 e. The molecule has 1 saturated carbocycles. The molecule has 0 heterocycles. The van der Waals surface area contributed by atoms with Gasteiger partial charge in [-0.1, -0.05) is 18.9 Å². The van der Waals surface area contributed by atoms with Crippen LogP contribution in [0.25, 0.3) is 0 Å². The molecule has 0 spiro atoms. The van der Waals surface area contributed by atoms with Crippen molar-refractivity contribution in [3.8, 4) is 0 Å². The number of ether oxygens (including phenoxy) is 1. The molecule has 6 heteroatoms. The highest BCUT2D eigenvalue weighted by molar-refractivity contribution is 5.80. The predicted molar refractivity (Wildman–Crippen MR) is 66.4 cm³/mol. The van der Waals surface area contributed by atoms with Crippen molar-refractivity contribution in [3.63, 3.8) is 0 Å². The second-order valence-electron chi connectivity index (χ2n) is 4.15. The third kappa shape index (κ3) is 6.90. The summed E-state index contributed by atoms with van der Waals surface area (Å²) in [6.07, 6.45) is 7.41. The van der Waals surface area contributed by atoms with Gasteiger partial charge in [0, 0.05) is 19.2 Å². The number of carbonyl (C=O) groups is 2. The van der Waals surface area contributed by atoms with Gasteiger partial charge in [0.25, 0.3) is 0 Å². The number of rotatable bonds is 7. The summed E-state index contributed by atoms with van der Waals surface area (Å²) >= 11 is 0. The lowest BCUT2D eigenvalue weighted by atomic mass is 10.3. The van der Waals surface area contributed by atoms with Crippen LogP contribution in [0.2, 0.25) is 0 Å². The van der Waals surface area contributed by atoms with Crippen molar-refractivity contribution in [2.24, 2.45) is 0 Å². The van der Waals surface area contributed by atoms with Crippen LogP contribution in [-0.2, 0) is 9.53 Å². The molecule has 1 fully saturated rings. The molecular weight excluding hydrogens is 236 g/mol. The van der Waals surface area contributed by atoms with E-state index in [4.69, 9.17) is 9.84 Å². The number of hydrogen-bond acceptors (Lipinski definition) is 3. The second kappa shape index (κ2) is 8.52. The number of nitrogens with one attached hydrogen (secondary N) is 2. The molecule has 0 atom stereocenters. The zero-order valence-electron chi connectivity index (χ0n) is 10.4.